The molecular formula is C19H17FN2O4. The van der Waals surface area contributed by atoms with Crippen LogP contribution in [-0.2, 0) is 14.3 Å². The van der Waals surface area contributed by atoms with E-state index in [9.17, 15) is 18.8 Å². The van der Waals surface area contributed by atoms with Crippen molar-refractivity contribution < 1.29 is 23.5 Å². The van der Waals surface area contributed by atoms with Crippen molar-refractivity contribution in [1.29, 1.82) is 0 Å². The monoisotopic (exact) mass is 356 g/mol. The van der Waals surface area contributed by atoms with Gasteiger partial charge in [-0.05, 0) is 31.2 Å². The molecule has 0 saturated carbocycles. The summed E-state index contributed by atoms with van der Waals surface area (Å²) in [4.78, 5) is 35.4. The van der Waals surface area contributed by atoms with Gasteiger partial charge in [0, 0.05) is 17.2 Å². The van der Waals surface area contributed by atoms with E-state index in [1.807, 2.05) is 0 Å². The van der Waals surface area contributed by atoms with Gasteiger partial charge in [-0.1, -0.05) is 36.4 Å². The van der Waals surface area contributed by atoms with E-state index in [1.54, 1.807) is 36.4 Å². The molecule has 0 aliphatic carbocycles. The van der Waals surface area contributed by atoms with Crippen LogP contribution < -0.4 is 10.9 Å². The summed E-state index contributed by atoms with van der Waals surface area (Å²) in [6.07, 6.45) is 1.12. The number of hydrogen-bond acceptors (Lipinski definition) is 4. The Morgan fingerprint density at radius 1 is 1.00 bits per heavy atom. The lowest BCUT2D eigenvalue weighted by molar-refractivity contribution is -0.150. The summed E-state index contributed by atoms with van der Waals surface area (Å²) in [7, 11) is 0. The van der Waals surface area contributed by atoms with E-state index < -0.39 is 29.7 Å². The van der Waals surface area contributed by atoms with Crippen molar-refractivity contribution in [3.8, 4) is 0 Å². The molecule has 0 unspecified atom stereocenters. The fourth-order valence-electron chi connectivity index (χ4n) is 1.92. The number of carbonyl (C=O) groups excluding carboxylic acids is 3. The van der Waals surface area contributed by atoms with Crippen molar-refractivity contribution >= 4 is 23.9 Å². The molecule has 0 radical (unpaired) electrons. The minimum atomic E-state index is -1.15. The van der Waals surface area contributed by atoms with Crippen LogP contribution in [0.5, 0.6) is 0 Å². The number of hydrazine groups is 1. The van der Waals surface area contributed by atoms with E-state index >= 15 is 0 Å². The molecule has 6 nitrogen and oxygen atoms in total. The topological polar surface area (TPSA) is 84.5 Å². The van der Waals surface area contributed by atoms with Crippen LogP contribution >= 0.6 is 0 Å². The summed E-state index contributed by atoms with van der Waals surface area (Å²) in [6.45, 7) is 1.35. The largest absolute Gasteiger partial charge is 0.449 e. The Kier molecular flexibility index (Phi) is 6.61. The zero-order valence-corrected chi connectivity index (χ0v) is 13.9. The molecule has 0 aliphatic rings. The Morgan fingerprint density at radius 2 is 1.65 bits per heavy atom. The maximum Gasteiger partial charge on any atom is 0.331 e. The SMILES string of the molecule is C[C@H](OC(=O)/C=C/c1ccccc1F)C(=O)NNC(=O)c1ccccc1. The van der Waals surface area contributed by atoms with Crippen LogP contribution in [-0.4, -0.2) is 23.9 Å². The van der Waals surface area contributed by atoms with E-state index in [4.69, 9.17) is 4.74 Å². The van der Waals surface area contributed by atoms with Gasteiger partial charge in [0.1, 0.15) is 5.82 Å². The Hall–Kier alpha value is -3.48. The van der Waals surface area contributed by atoms with E-state index in [2.05, 4.69) is 10.9 Å². The highest BCUT2D eigenvalue weighted by Crippen LogP contribution is 2.08. The quantitative estimate of drug-likeness (QED) is 0.489. The number of halogens is 1. The van der Waals surface area contributed by atoms with Crippen molar-refractivity contribution in [2.45, 2.75) is 13.0 Å². The van der Waals surface area contributed by atoms with Gasteiger partial charge >= 0.3 is 5.97 Å². The first-order chi connectivity index (χ1) is 12.5. The van der Waals surface area contributed by atoms with Gasteiger partial charge in [-0.3, -0.25) is 20.4 Å². The van der Waals surface area contributed by atoms with Crippen LogP contribution in [0, 0.1) is 5.82 Å². The zero-order chi connectivity index (χ0) is 18.9. The number of amides is 2. The lowest BCUT2D eigenvalue weighted by atomic mass is 10.2. The maximum atomic E-state index is 13.4. The smallest absolute Gasteiger partial charge is 0.331 e. The molecule has 0 aliphatic heterocycles. The Bertz CT molecular complexity index is 821. The Morgan fingerprint density at radius 3 is 2.35 bits per heavy atom. The molecule has 2 rings (SSSR count). The van der Waals surface area contributed by atoms with Crippen molar-refractivity contribution in [3.63, 3.8) is 0 Å². The molecule has 7 heteroatoms. The van der Waals surface area contributed by atoms with Gasteiger partial charge in [0.15, 0.2) is 6.10 Å². The van der Waals surface area contributed by atoms with Crippen molar-refractivity contribution in [3.05, 3.63) is 77.6 Å². The van der Waals surface area contributed by atoms with Crippen LogP contribution in [0.25, 0.3) is 6.08 Å². The van der Waals surface area contributed by atoms with Crippen LogP contribution in [0.4, 0.5) is 4.39 Å². The van der Waals surface area contributed by atoms with Crippen LogP contribution in [0.3, 0.4) is 0 Å². The predicted molar refractivity (Wildman–Crippen MR) is 93.0 cm³/mol. The number of ether oxygens (including phenoxy) is 1. The van der Waals surface area contributed by atoms with Gasteiger partial charge in [-0.25, -0.2) is 9.18 Å². The second kappa shape index (κ2) is 9.12. The molecule has 0 spiro atoms. The van der Waals surface area contributed by atoms with Crippen molar-refractivity contribution in [1.82, 2.24) is 10.9 Å². The highest BCUT2D eigenvalue weighted by molar-refractivity contribution is 5.96. The minimum absolute atomic E-state index is 0.219. The number of benzene rings is 2. The van der Waals surface area contributed by atoms with Crippen LogP contribution in [0.2, 0.25) is 0 Å². The minimum Gasteiger partial charge on any atom is -0.449 e. The van der Waals surface area contributed by atoms with E-state index in [0.717, 1.165) is 6.08 Å². The molecule has 0 saturated heterocycles. The second-order valence-corrected chi connectivity index (χ2v) is 5.24. The highest BCUT2D eigenvalue weighted by Gasteiger charge is 2.17. The summed E-state index contributed by atoms with van der Waals surface area (Å²) in [6, 6.07) is 14.2. The van der Waals surface area contributed by atoms with Crippen molar-refractivity contribution in [2.75, 3.05) is 0 Å². The van der Waals surface area contributed by atoms with Gasteiger partial charge < -0.3 is 4.74 Å². The number of carbonyl (C=O) groups is 3. The first-order valence-electron chi connectivity index (χ1n) is 7.76. The summed E-state index contributed by atoms with van der Waals surface area (Å²) in [5, 5.41) is 0. The predicted octanol–water partition coefficient (Wildman–Crippen LogP) is 2.23. The number of nitrogens with one attached hydrogen (secondary N) is 2. The first-order valence-corrected chi connectivity index (χ1v) is 7.76. The third-order valence-corrected chi connectivity index (χ3v) is 3.30. The van der Waals surface area contributed by atoms with Crippen LogP contribution in [0.15, 0.2) is 60.7 Å². The zero-order valence-electron chi connectivity index (χ0n) is 13.9. The fraction of sp³-hybridized carbons (Fsp3) is 0.105. The van der Waals surface area contributed by atoms with Gasteiger partial charge in [0.2, 0.25) is 0 Å². The standard InChI is InChI=1S/C19H17FN2O4/c1-13(18(24)21-22-19(25)15-8-3-2-4-9-15)26-17(23)12-11-14-7-5-6-10-16(14)20/h2-13H,1H3,(H,21,24)(H,22,25)/b12-11+/t13-/m0/s1. The summed E-state index contributed by atoms with van der Waals surface area (Å²) >= 11 is 0. The Balaban J connectivity index is 1.82. The third kappa shape index (κ3) is 5.55. The van der Waals surface area contributed by atoms with Crippen LogP contribution in [0.1, 0.15) is 22.8 Å². The molecule has 134 valence electrons. The average Bonchev–Trinajstić information content (AvgIpc) is 2.65. The van der Waals surface area contributed by atoms with Gasteiger partial charge in [0.25, 0.3) is 11.8 Å². The lowest BCUT2D eigenvalue weighted by Crippen LogP contribution is -2.46. The average molecular weight is 356 g/mol. The van der Waals surface area contributed by atoms with E-state index in [-0.39, 0.29) is 5.56 Å². The first kappa shape index (κ1) is 18.9. The molecule has 0 heterocycles. The highest BCUT2D eigenvalue weighted by atomic mass is 19.1. The molecule has 0 aromatic heterocycles. The van der Waals surface area contributed by atoms with Gasteiger partial charge in [0.05, 0.1) is 0 Å². The van der Waals surface area contributed by atoms with Gasteiger partial charge in [-0.15, -0.1) is 0 Å². The molecule has 0 fully saturated rings. The number of esters is 1. The normalized spacial score (nSPS) is 11.6. The molecular weight excluding hydrogens is 339 g/mol. The molecule has 2 aromatic carbocycles. The van der Waals surface area contributed by atoms with Crippen molar-refractivity contribution in [2.24, 2.45) is 0 Å². The summed E-state index contributed by atoms with van der Waals surface area (Å²) < 4.78 is 18.3. The molecule has 2 N–H and O–H groups in total. The molecule has 26 heavy (non-hydrogen) atoms. The summed E-state index contributed by atoms with van der Waals surface area (Å²) in [5.41, 5.74) is 4.98. The second-order valence-electron chi connectivity index (χ2n) is 5.24. The Labute approximate surface area is 149 Å². The number of rotatable bonds is 5. The summed E-state index contributed by atoms with van der Waals surface area (Å²) in [5.74, 6) is -2.50. The lowest BCUT2D eigenvalue weighted by Gasteiger charge is -2.13. The molecule has 1 atom stereocenters. The third-order valence-electron chi connectivity index (χ3n) is 3.30. The van der Waals surface area contributed by atoms with Gasteiger partial charge in [-0.2, -0.15) is 0 Å². The molecule has 2 aromatic rings. The van der Waals surface area contributed by atoms with E-state index in [1.165, 1.54) is 31.2 Å². The fourth-order valence-corrected chi connectivity index (χ4v) is 1.92. The maximum absolute atomic E-state index is 13.4. The van der Waals surface area contributed by atoms with E-state index in [0.29, 0.717) is 5.56 Å². The number of hydrogen-bond donors (Lipinski definition) is 2. The molecule has 2 amide bonds. The molecule has 0 bridgehead atoms.